The Morgan fingerprint density at radius 1 is 1.27 bits per heavy atom. The van der Waals surface area contributed by atoms with Gasteiger partial charge in [-0.2, -0.15) is 0 Å². The third-order valence-electron chi connectivity index (χ3n) is 5.58. The molecule has 0 bridgehead atoms. The quantitative estimate of drug-likeness (QED) is 0.863. The molecule has 146 valence electrons. The third kappa shape index (κ3) is 4.15. The second-order valence-corrected chi connectivity index (χ2v) is 8.83. The predicted molar refractivity (Wildman–Crippen MR) is 101 cm³/mol. The van der Waals surface area contributed by atoms with Gasteiger partial charge in [-0.1, -0.05) is 20.8 Å². The Bertz CT molecular complexity index is 628. The van der Waals surface area contributed by atoms with Gasteiger partial charge in [0.1, 0.15) is 13.3 Å². The molecule has 0 amide bonds. The van der Waals surface area contributed by atoms with E-state index < -0.39 is 6.67 Å². The fourth-order valence-electron chi connectivity index (χ4n) is 4.51. The lowest BCUT2D eigenvalue weighted by atomic mass is 9.75. The number of fused-ring (bicyclic) bond motifs is 3. The van der Waals surface area contributed by atoms with E-state index in [1.807, 2.05) is 12.1 Å². The van der Waals surface area contributed by atoms with Gasteiger partial charge in [-0.25, -0.2) is 4.39 Å². The smallest absolute Gasteiger partial charge is 0.161 e. The topological polar surface area (TPSA) is 41.9 Å². The normalized spacial score (nSPS) is 26.2. The molecule has 0 aromatic heterocycles. The summed E-state index contributed by atoms with van der Waals surface area (Å²) in [7, 11) is 1.61. The second kappa shape index (κ2) is 7.73. The number of rotatable bonds is 5. The van der Waals surface area contributed by atoms with Crippen LogP contribution in [-0.2, 0) is 6.42 Å². The van der Waals surface area contributed by atoms with Crippen molar-refractivity contribution in [2.75, 3.05) is 33.5 Å². The van der Waals surface area contributed by atoms with Crippen molar-refractivity contribution in [1.29, 1.82) is 0 Å². The average Bonchev–Trinajstić information content (AvgIpc) is 2.58. The van der Waals surface area contributed by atoms with Crippen LogP contribution in [-0.4, -0.2) is 49.6 Å². The van der Waals surface area contributed by atoms with Crippen molar-refractivity contribution in [2.24, 2.45) is 11.3 Å². The second-order valence-electron chi connectivity index (χ2n) is 8.83. The van der Waals surface area contributed by atoms with Gasteiger partial charge in [-0.3, -0.25) is 4.90 Å². The van der Waals surface area contributed by atoms with Gasteiger partial charge >= 0.3 is 0 Å². The van der Waals surface area contributed by atoms with Crippen molar-refractivity contribution >= 4 is 0 Å². The number of benzene rings is 1. The van der Waals surface area contributed by atoms with E-state index in [9.17, 15) is 9.50 Å². The Morgan fingerprint density at radius 3 is 2.69 bits per heavy atom. The zero-order valence-electron chi connectivity index (χ0n) is 16.4. The average molecular weight is 365 g/mol. The van der Waals surface area contributed by atoms with E-state index in [4.69, 9.17) is 9.47 Å². The molecule has 4 nitrogen and oxygen atoms in total. The molecule has 0 unspecified atom stereocenters. The molecule has 1 aromatic rings. The monoisotopic (exact) mass is 365 g/mol. The number of nitrogens with zero attached hydrogens (tertiary/aromatic N) is 1. The number of alkyl halides is 1. The van der Waals surface area contributed by atoms with E-state index in [0.29, 0.717) is 17.4 Å². The Balaban J connectivity index is 1.83. The van der Waals surface area contributed by atoms with Crippen LogP contribution in [0.1, 0.15) is 50.8 Å². The molecule has 0 aliphatic carbocycles. The number of methoxy groups -OCH3 is 1. The molecule has 3 rings (SSSR count). The molecule has 1 saturated heterocycles. The summed E-state index contributed by atoms with van der Waals surface area (Å²) in [4.78, 5) is 2.51. The third-order valence-corrected chi connectivity index (χ3v) is 5.58. The standard InChI is InChI=1S/C21H32FNO3/c1-21(2,3)12-15-13-23-7-5-14-9-20(26-8-6-22)19(25-4)10-16(14)17(23)11-18(15)24/h9-10,15,17-18,24H,5-8,11-13H2,1-4H3/t15-,17-,18-/m1/s1. The lowest BCUT2D eigenvalue weighted by Gasteiger charge is -2.47. The molecule has 1 aromatic carbocycles. The molecular formula is C21H32FNO3. The van der Waals surface area contributed by atoms with E-state index in [1.165, 1.54) is 11.1 Å². The lowest BCUT2D eigenvalue weighted by molar-refractivity contribution is -0.0259. The highest BCUT2D eigenvalue weighted by Gasteiger charge is 2.39. The molecule has 26 heavy (non-hydrogen) atoms. The Hall–Kier alpha value is -1.33. The first kappa shape index (κ1) is 19.4. The fraction of sp³-hybridized carbons (Fsp3) is 0.714. The van der Waals surface area contributed by atoms with Gasteiger partial charge in [0.05, 0.1) is 13.2 Å². The fourth-order valence-corrected chi connectivity index (χ4v) is 4.51. The van der Waals surface area contributed by atoms with Crippen molar-refractivity contribution < 1.29 is 19.0 Å². The Labute approximate surface area is 156 Å². The molecule has 0 saturated carbocycles. The minimum absolute atomic E-state index is 0.0396. The molecule has 5 heteroatoms. The number of hydrogen-bond acceptors (Lipinski definition) is 4. The minimum atomic E-state index is -0.516. The molecule has 0 spiro atoms. The molecule has 2 aliphatic heterocycles. The largest absolute Gasteiger partial charge is 0.493 e. The van der Waals surface area contributed by atoms with Gasteiger partial charge in [-0.05, 0) is 53.9 Å². The molecule has 1 N–H and O–H groups in total. The number of hydrogen-bond donors (Lipinski definition) is 1. The summed E-state index contributed by atoms with van der Waals surface area (Å²) < 4.78 is 23.5. The van der Waals surface area contributed by atoms with Crippen LogP contribution in [0.3, 0.4) is 0 Å². The lowest BCUT2D eigenvalue weighted by Crippen LogP contribution is -2.48. The van der Waals surface area contributed by atoms with E-state index in [1.54, 1.807) is 7.11 Å². The SMILES string of the molecule is COc1cc2c(cc1OCCF)CCN1C[C@@H](CC(C)(C)C)[C@H](O)C[C@H]21. The van der Waals surface area contributed by atoms with E-state index in [2.05, 4.69) is 25.7 Å². The molecule has 1 fully saturated rings. The molecular weight excluding hydrogens is 333 g/mol. The zero-order valence-corrected chi connectivity index (χ0v) is 16.4. The first-order valence-corrected chi connectivity index (χ1v) is 9.64. The molecule has 3 atom stereocenters. The van der Waals surface area contributed by atoms with Gasteiger partial charge in [0.15, 0.2) is 11.5 Å². The number of piperidine rings is 1. The highest BCUT2D eigenvalue weighted by Crippen LogP contribution is 2.44. The first-order chi connectivity index (χ1) is 12.3. The summed E-state index contributed by atoms with van der Waals surface area (Å²) in [6.07, 6.45) is 2.44. The highest BCUT2D eigenvalue weighted by molar-refractivity contribution is 5.49. The van der Waals surface area contributed by atoms with Crippen molar-refractivity contribution in [3.63, 3.8) is 0 Å². The van der Waals surface area contributed by atoms with E-state index >= 15 is 0 Å². The number of halogens is 1. The van der Waals surface area contributed by atoms with Crippen LogP contribution in [0.25, 0.3) is 0 Å². The van der Waals surface area contributed by atoms with Crippen LogP contribution in [0.2, 0.25) is 0 Å². The van der Waals surface area contributed by atoms with Crippen LogP contribution in [0, 0.1) is 11.3 Å². The molecule has 0 radical (unpaired) electrons. The van der Waals surface area contributed by atoms with Gasteiger partial charge in [0.2, 0.25) is 0 Å². The minimum Gasteiger partial charge on any atom is -0.493 e. The van der Waals surface area contributed by atoms with Crippen LogP contribution < -0.4 is 9.47 Å². The van der Waals surface area contributed by atoms with E-state index in [0.717, 1.165) is 32.4 Å². The van der Waals surface area contributed by atoms with Crippen LogP contribution in [0.15, 0.2) is 12.1 Å². The van der Waals surface area contributed by atoms with Crippen molar-refractivity contribution in [2.45, 2.75) is 52.2 Å². The summed E-state index contributed by atoms with van der Waals surface area (Å²) in [5.41, 5.74) is 2.66. The Morgan fingerprint density at radius 2 is 2.04 bits per heavy atom. The summed E-state index contributed by atoms with van der Waals surface area (Å²) in [5, 5.41) is 10.8. The van der Waals surface area contributed by atoms with Gasteiger partial charge < -0.3 is 14.6 Å². The van der Waals surface area contributed by atoms with Crippen LogP contribution in [0.4, 0.5) is 4.39 Å². The number of ether oxygens (including phenoxy) is 2. The molecule has 2 heterocycles. The highest BCUT2D eigenvalue weighted by atomic mass is 19.1. The summed E-state index contributed by atoms with van der Waals surface area (Å²) >= 11 is 0. The Kier molecular flexibility index (Phi) is 5.78. The summed E-state index contributed by atoms with van der Waals surface area (Å²) in [5.74, 6) is 1.58. The van der Waals surface area contributed by atoms with Crippen molar-refractivity contribution in [1.82, 2.24) is 4.90 Å². The zero-order chi connectivity index (χ0) is 18.9. The van der Waals surface area contributed by atoms with Crippen LogP contribution >= 0.6 is 0 Å². The number of aliphatic hydroxyl groups is 1. The van der Waals surface area contributed by atoms with Gasteiger partial charge in [0, 0.05) is 19.1 Å². The molecule has 2 aliphatic rings. The van der Waals surface area contributed by atoms with Crippen molar-refractivity contribution in [3.05, 3.63) is 23.3 Å². The van der Waals surface area contributed by atoms with Gasteiger partial charge in [-0.15, -0.1) is 0 Å². The maximum absolute atomic E-state index is 12.5. The van der Waals surface area contributed by atoms with Gasteiger partial charge in [0.25, 0.3) is 0 Å². The first-order valence-electron chi connectivity index (χ1n) is 9.64. The van der Waals surface area contributed by atoms with Crippen LogP contribution in [0.5, 0.6) is 11.5 Å². The number of aliphatic hydroxyl groups excluding tert-OH is 1. The predicted octanol–water partition coefficient (Wildman–Crippen LogP) is 3.76. The summed E-state index contributed by atoms with van der Waals surface area (Å²) in [6, 6.07) is 4.24. The maximum atomic E-state index is 12.5. The van der Waals surface area contributed by atoms with Crippen molar-refractivity contribution in [3.8, 4) is 11.5 Å². The maximum Gasteiger partial charge on any atom is 0.161 e. The summed E-state index contributed by atoms with van der Waals surface area (Å²) in [6.45, 7) is 8.16. The van der Waals surface area contributed by atoms with E-state index in [-0.39, 0.29) is 24.2 Å².